The normalized spacial score (nSPS) is 30.1. The van der Waals surface area contributed by atoms with Crippen LogP contribution in [0.4, 0.5) is 0 Å². The summed E-state index contributed by atoms with van der Waals surface area (Å²) >= 11 is 0. The molecule has 0 aromatic carbocycles. The van der Waals surface area contributed by atoms with Crippen LogP contribution in [0.1, 0.15) is 45.4 Å². The van der Waals surface area contributed by atoms with Crippen LogP contribution in [0.2, 0.25) is 0 Å². The molecule has 1 amide bonds. The van der Waals surface area contributed by atoms with Gasteiger partial charge in [-0.1, -0.05) is 19.8 Å². The van der Waals surface area contributed by atoms with Crippen molar-refractivity contribution in [3.05, 3.63) is 0 Å². The smallest absolute Gasteiger partial charge is 0.276 e. The van der Waals surface area contributed by atoms with Gasteiger partial charge in [0.2, 0.25) is 5.91 Å². The molecule has 116 valence electrons. The summed E-state index contributed by atoms with van der Waals surface area (Å²) in [6, 6.07) is 0.294. The second-order valence-corrected chi connectivity index (χ2v) is 7.74. The number of nitrogens with two attached hydrogens (primary N) is 1. The first-order chi connectivity index (χ1) is 9.36. The maximum Gasteiger partial charge on any atom is 0.276 e. The van der Waals surface area contributed by atoms with Crippen LogP contribution in [0, 0.1) is 11.8 Å². The van der Waals surface area contributed by atoms with Crippen LogP contribution in [0.3, 0.4) is 0 Å². The van der Waals surface area contributed by atoms with Crippen molar-refractivity contribution in [3.63, 3.8) is 0 Å². The molecule has 2 aliphatic rings. The SMILES string of the molecule is CC1CCCC(NC(=O)C2CCN(S(N)(=O)=O)CC2)C1. The third-order valence-electron chi connectivity index (χ3n) is 4.47. The molecule has 1 saturated carbocycles. The Balaban J connectivity index is 1.80. The van der Waals surface area contributed by atoms with Crippen molar-refractivity contribution in [3.8, 4) is 0 Å². The van der Waals surface area contributed by atoms with Gasteiger partial charge in [-0.15, -0.1) is 0 Å². The predicted molar refractivity (Wildman–Crippen MR) is 77.0 cm³/mol. The van der Waals surface area contributed by atoms with Gasteiger partial charge < -0.3 is 5.32 Å². The molecule has 1 aliphatic carbocycles. The number of hydrogen-bond acceptors (Lipinski definition) is 3. The molecule has 1 aliphatic heterocycles. The van der Waals surface area contributed by atoms with Crippen molar-refractivity contribution >= 4 is 16.1 Å². The Hall–Kier alpha value is -0.660. The largest absolute Gasteiger partial charge is 0.353 e. The van der Waals surface area contributed by atoms with Crippen LogP contribution in [-0.4, -0.2) is 37.8 Å². The second kappa shape index (κ2) is 6.41. The Morgan fingerprint density at radius 3 is 2.40 bits per heavy atom. The third kappa shape index (κ3) is 4.17. The van der Waals surface area contributed by atoms with E-state index >= 15 is 0 Å². The van der Waals surface area contributed by atoms with Gasteiger partial charge in [0, 0.05) is 25.0 Å². The van der Waals surface area contributed by atoms with Crippen LogP contribution in [0.5, 0.6) is 0 Å². The lowest BCUT2D eigenvalue weighted by Crippen LogP contribution is -2.47. The molecule has 2 fully saturated rings. The van der Waals surface area contributed by atoms with Gasteiger partial charge in [-0.05, 0) is 31.6 Å². The number of hydrogen-bond donors (Lipinski definition) is 2. The van der Waals surface area contributed by atoms with Gasteiger partial charge in [0.05, 0.1) is 0 Å². The first-order valence-electron chi connectivity index (χ1n) is 7.44. The molecular weight excluding hydrogens is 278 g/mol. The molecule has 2 unspecified atom stereocenters. The summed E-state index contributed by atoms with van der Waals surface area (Å²) in [6.45, 7) is 2.92. The predicted octanol–water partition coefficient (Wildman–Crippen LogP) is 0.597. The van der Waals surface area contributed by atoms with Crippen LogP contribution in [-0.2, 0) is 15.0 Å². The highest BCUT2D eigenvalue weighted by atomic mass is 32.2. The minimum Gasteiger partial charge on any atom is -0.353 e. The lowest BCUT2D eigenvalue weighted by Gasteiger charge is -2.32. The zero-order valence-electron chi connectivity index (χ0n) is 12.0. The van der Waals surface area contributed by atoms with Crippen molar-refractivity contribution < 1.29 is 13.2 Å². The topological polar surface area (TPSA) is 92.5 Å². The Morgan fingerprint density at radius 1 is 1.20 bits per heavy atom. The third-order valence-corrected chi connectivity index (χ3v) is 5.55. The summed E-state index contributed by atoms with van der Waals surface area (Å²) in [5.41, 5.74) is 0. The van der Waals surface area contributed by atoms with Gasteiger partial charge in [0.15, 0.2) is 0 Å². The first-order valence-corrected chi connectivity index (χ1v) is 8.95. The molecule has 0 radical (unpaired) electrons. The molecule has 3 N–H and O–H groups in total. The fourth-order valence-electron chi connectivity index (χ4n) is 3.26. The van der Waals surface area contributed by atoms with E-state index in [0.29, 0.717) is 37.9 Å². The van der Waals surface area contributed by atoms with Crippen molar-refractivity contribution in [1.82, 2.24) is 9.62 Å². The lowest BCUT2D eigenvalue weighted by molar-refractivity contribution is -0.127. The number of nitrogens with zero attached hydrogens (tertiary/aromatic N) is 1. The molecule has 0 spiro atoms. The highest BCUT2D eigenvalue weighted by molar-refractivity contribution is 7.86. The maximum atomic E-state index is 12.2. The molecule has 1 heterocycles. The molecular formula is C13H25N3O3S. The van der Waals surface area contributed by atoms with E-state index < -0.39 is 10.2 Å². The molecule has 1 saturated heterocycles. The minimum absolute atomic E-state index is 0.0785. The lowest BCUT2D eigenvalue weighted by atomic mass is 9.86. The summed E-state index contributed by atoms with van der Waals surface area (Å²) < 4.78 is 23.7. The van der Waals surface area contributed by atoms with Crippen molar-refractivity contribution in [2.24, 2.45) is 17.0 Å². The zero-order valence-corrected chi connectivity index (χ0v) is 12.9. The molecule has 2 atom stereocenters. The van der Waals surface area contributed by atoms with E-state index in [1.807, 2.05) is 0 Å². The van der Waals surface area contributed by atoms with Gasteiger partial charge in [0.1, 0.15) is 0 Å². The average molecular weight is 303 g/mol. The number of amides is 1. The highest BCUT2D eigenvalue weighted by Crippen LogP contribution is 2.25. The average Bonchev–Trinajstić information content (AvgIpc) is 2.38. The van der Waals surface area contributed by atoms with E-state index in [-0.39, 0.29) is 11.8 Å². The van der Waals surface area contributed by atoms with Gasteiger partial charge in [-0.25, -0.2) is 5.14 Å². The molecule has 7 heteroatoms. The summed E-state index contributed by atoms with van der Waals surface area (Å²) in [6.07, 6.45) is 5.66. The molecule has 6 nitrogen and oxygen atoms in total. The molecule has 0 bridgehead atoms. The molecule has 0 aromatic heterocycles. The van der Waals surface area contributed by atoms with E-state index in [1.165, 1.54) is 17.1 Å². The van der Waals surface area contributed by atoms with Crippen molar-refractivity contribution in [2.75, 3.05) is 13.1 Å². The number of nitrogens with one attached hydrogen (secondary N) is 1. The Bertz CT molecular complexity index is 444. The van der Waals surface area contributed by atoms with E-state index in [1.54, 1.807) is 0 Å². The summed E-state index contributed by atoms with van der Waals surface area (Å²) in [7, 11) is -3.61. The quantitative estimate of drug-likeness (QED) is 0.799. The summed E-state index contributed by atoms with van der Waals surface area (Å²) in [4.78, 5) is 12.2. The number of carbonyl (C=O) groups excluding carboxylic acids is 1. The zero-order chi connectivity index (χ0) is 14.8. The van der Waals surface area contributed by atoms with Gasteiger partial charge in [-0.2, -0.15) is 12.7 Å². The summed E-state index contributed by atoms with van der Waals surface area (Å²) in [5, 5.41) is 8.23. The number of rotatable bonds is 3. The fourth-order valence-corrected chi connectivity index (χ4v) is 3.98. The minimum atomic E-state index is -3.61. The van der Waals surface area contributed by atoms with Crippen LogP contribution in [0.15, 0.2) is 0 Å². The van der Waals surface area contributed by atoms with Crippen molar-refractivity contribution in [2.45, 2.75) is 51.5 Å². The molecule has 0 aromatic rings. The first kappa shape index (κ1) is 15.7. The Kier molecular flexibility index (Phi) is 5.04. The molecule has 2 rings (SSSR count). The van der Waals surface area contributed by atoms with E-state index in [9.17, 15) is 13.2 Å². The monoisotopic (exact) mass is 303 g/mol. The van der Waals surface area contributed by atoms with Crippen LogP contribution >= 0.6 is 0 Å². The van der Waals surface area contributed by atoms with E-state index in [2.05, 4.69) is 12.2 Å². The van der Waals surface area contributed by atoms with Crippen molar-refractivity contribution in [1.29, 1.82) is 0 Å². The van der Waals surface area contributed by atoms with Gasteiger partial charge in [0.25, 0.3) is 10.2 Å². The van der Waals surface area contributed by atoms with E-state index in [4.69, 9.17) is 5.14 Å². The van der Waals surface area contributed by atoms with Crippen LogP contribution in [0.25, 0.3) is 0 Å². The van der Waals surface area contributed by atoms with E-state index in [0.717, 1.165) is 12.8 Å². The Labute approximate surface area is 121 Å². The molecule has 20 heavy (non-hydrogen) atoms. The fraction of sp³-hybridized carbons (Fsp3) is 0.923. The Morgan fingerprint density at radius 2 is 1.85 bits per heavy atom. The van der Waals surface area contributed by atoms with Gasteiger partial charge in [-0.3, -0.25) is 4.79 Å². The standard InChI is InChI=1S/C13H25N3O3S/c1-10-3-2-4-12(9-10)15-13(17)11-5-7-16(8-6-11)20(14,18)19/h10-12H,2-9H2,1H3,(H,15,17)(H2,14,18,19). The van der Waals surface area contributed by atoms with Gasteiger partial charge >= 0.3 is 0 Å². The number of piperidine rings is 1. The van der Waals surface area contributed by atoms with Crippen LogP contribution < -0.4 is 10.5 Å². The number of carbonyl (C=O) groups is 1. The highest BCUT2D eigenvalue weighted by Gasteiger charge is 2.30. The second-order valence-electron chi connectivity index (χ2n) is 6.20. The summed E-state index contributed by atoms with van der Waals surface area (Å²) in [5.74, 6) is 0.682. The maximum absolute atomic E-state index is 12.2.